The first kappa shape index (κ1) is 20.5. The zero-order chi connectivity index (χ0) is 21.8. The minimum absolute atomic E-state index is 0.138. The molecule has 0 saturated carbocycles. The van der Waals surface area contributed by atoms with Gasteiger partial charge in [-0.15, -0.1) is 0 Å². The molecule has 0 atom stereocenters. The number of nitrogens with one attached hydrogen (secondary N) is 1. The van der Waals surface area contributed by atoms with Crippen LogP contribution < -0.4 is 14.8 Å². The number of fused-ring (bicyclic) bond motifs is 1. The number of nitrogens with zero attached hydrogens (tertiary/aromatic N) is 4. The number of benzene rings is 2. The molecule has 0 amide bonds. The van der Waals surface area contributed by atoms with Gasteiger partial charge in [0.25, 0.3) is 0 Å². The number of carbonyl (C=O) groups is 1. The van der Waals surface area contributed by atoms with E-state index in [1.54, 1.807) is 18.7 Å². The normalized spacial score (nSPS) is 10.8. The van der Waals surface area contributed by atoms with Gasteiger partial charge in [-0.3, -0.25) is 4.79 Å². The summed E-state index contributed by atoms with van der Waals surface area (Å²) in [6.45, 7) is -0.138. The van der Waals surface area contributed by atoms with Crippen LogP contribution in [0.25, 0.3) is 16.9 Å². The molecule has 31 heavy (non-hydrogen) atoms. The Bertz CT molecular complexity index is 1230. The van der Waals surface area contributed by atoms with E-state index >= 15 is 0 Å². The second-order valence-electron chi connectivity index (χ2n) is 6.40. The van der Waals surface area contributed by atoms with Crippen molar-refractivity contribution in [2.75, 3.05) is 26.1 Å². The van der Waals surface area contributed by atoms with Crippen LogP contribution in [0.2, 0.25) is 0 Å². The first-order chi connectivity index (χ1) is 15.1. The van der Waals surface area contributed by atoms with Crippen molar-refractivity contribution in [3.63, 3.8) is 0 Å². The average Bonchev–Trinajstić information content (AvgIpc) is 3.27. The Labute approximate surface area is 182 Å². The van der Waals surface area contributed by atoms with E-state index in [0.717, 1.165) is 21.8 Å². The number of anilines is 1. The van der Waals surface area contributed by atoms with Crippen LogP contribution in [-0.4, -0.2) is 51.4 Å². The fourth-order valence-corrected chi connectivity index (χ4v) is 3.79. The van der Waals surface area contributed by atoms with Gasteiger partial charge in [0.2, 0.25) is 0 Å². The number of ether oxygens (including phenoxy) is 2. The molecule has 0 fully saturated rings. The Morgan fingerprint density at radius 2 is 1.87 bits per heavy atom. The van der Waals surface area contributed by atoms with Crippen LogP contribution in [0.15, 0.2) is 64.9 Å². The van der Waals surface area contributed by atoms with Crippen molar-refractivity contribution in [2.24, 2.45) is 0 Å². The highest BCUT2D eigenvalue weighted by Gasteiger charge is 2.13. The van der Waals surface area contributed by atoms with Crippen LogP contribution in [0.4, 0.5) is 5.69 Å². The molecular weight excluding hydrogens is 418 g/mol. The van der Waals surface area contributed by atoms with Crippen LogP contribution in [0.3, 0.4) is 0 Å². The van der Waals surface area contributed by atoms with Gasteiger partial charge in [-0.25, -0.2) is 9.97 Å². The average molecular weight is 437 g/mol. The van der Waals surface area contributed by atoms with Crippen molar-refractivity contribution in [2.45, 2.75) is 10.1 Å². The lowest BCUT2D eigenvalue weighted by Gasteiger charge is -2.11. The number of hydrogen-bond acceptors (Lipinski definition) is 8. The quantitative estimate of drug-likeness (QED) is 0.400. The van der Waals surface area contributed by atoms with Crippen molar-refractivity contribution in [1.82, 2.24) is 19.6 Å². The summed E-state index contributed by atoms with van der Waals surface area (Å²) in [5, 5.41) is 16.5. The lowest BCUT2D eigenvalue weighted by atomic mass is 10.1. The van der Waals surface area contributed by atoms with Crippen LogP contribution in [-0.2, 0) is 4.79 Å². The van der Waals surface area contributed by atoms with Crippen LogP contribution in [0.5, 0.6) is 11.5 Å². The molecule has 2 N–H and O–H groups in total. The summed E-state index contributed by atoms with van der Waals surface area (Å²) < 4.78 is 12.4. The van der Waals surface area contributed by atoms with Crippen molar-refractivity contribution >= 4 is 29.1 Å². The fourth-order valence-electron chi connectivity index (χ4n) is 2.93. The summed E-state index contributed by atoms with van der Waals surface area (Å²) in [7, 11) is 3.18. The van der Waals surface area contributed by atoms with Gasteiger partial charge in [-0.2, -0.15) is 9.61 Å². The predicted molar refractivity (Wildman–Crippen MR) is 116 cm³/mol. The molecule has 0 spiro atoms. The summed E-state index contributed by atoms with van der Waals surface area (Å²) in [5.41, 5.74) is 2.98. The third-order valence-electron chi connectivity index (χ3n) is 4.42. The Morgan fingerprint density at radius 3 is 2.58 bits per heavy atom. The summed E-state index contributed by atoms with van der Waals surface area (Å²) in [4.78, 5) is 20.7. The molecule has 158 valence electrons. The van der Waals surface area contributed by atoms with Gasteiger partial charge in [0, 0.05) is 22.2 Å². The van der Waals surface area contributed by atoms with E-state index in [9.17, 15) is 4.79 Å². The highest BCUT2D eigenvalue weighted by Crippen LogP contribution is 2.34. The first-order valence-electron chi connectivity index (χ1n) is 9.24. The molecule has 0 bridgehead atoms. The van der Waals surface area contributed by atoms with Crippen molar-refractivity contribution in [3.8, 4) is 22.8 Å². The molecule has 0 aliphatic rings. The van der Waals surface area contributed by atoms with E-state index in [-0.39, 0.29) is 6.54 Å². The number of carboxylic acid groups (broad SMARTS) is 1. The van der Waals surface area contributed by atoms with E-state index in [4.69, 9.17) is 19.6 Å². The molecule has 2 aromatic heterocycles. The van der Waals surface area contributed by atoms with Gasteiger partial charge in [0.15, 0.2) is 22.3 Å². The van der Waals surface area contributed by atoms with E-state index < -0.39 is 5.97 Å². The minimum atomic E-state index is -0.914. The lowest BCUT2D eigenvalue weighted by Crippen LogP contribution is -2.11. The van der Waals surface area contributed by atoms with E-state index in [2.05, 4.69) is 15.4 Å². The van der Waals surface area contributed by atoms with Crippen LogP contribution >= 0.6 is 11.8 Å². The maximum Gasteiger partial charge on any atom is 0.322 e. The zero-order valence-electron chi connectivity index (χ0n) is 16.8. The standard InChI is InChI=1S/C21H19N5O4S/c1-29-17-8-3-13(9-18(17)30-2)16-10-19-23-12-24-26(19)21(25-16)31-15-6-4-14(5-7-15)22-11-20(27)28/h3-10,12,22H,11H2,1-2H3,(H,27,28). The molecule has 9 nitrogen and oxygen atoms in total. The number of carboxylic acids is 1. The van der Waals surface area contributed by atoms with Crippen LogP contribution in [0.1, 0.15) is 0 Å². The van der Waals surface area contributed by atoms with Gasteiger partial charge in [-0.1, -0.05) is 0 Å². The summed E-state index contributed by atoms with van der Waals surface area (Å²) in [6.07, 6.45) is 1.48. The third kappa shape index (κ3) is 4.53. The Kier molecular flexibility index (Phi) is 5.89. The van der Waals surface area contributed by atoms with Crippen molar-refractivity contribution in [3.05, 3.63) is 54.9 Å². The van der Waals surface area contributed by atoms with E-state index in [1.165, 1.54) is 18.1 Å². The highest BCUT2D eigenvalue weighted by atomic mass is 32.2. The molecular formula is C21H19N5O4S. The zero-order valence-corrected chi connectivity index (χ0v) is 17.6. The monoisotopic (exact) mass is 437 g/mol. The molecule has 0 aliphatic carbocycles. The fraction of sp³-hybridized carbons (Fsp3) is 0.143. The van der Waals surface area contributed by atoms with E-state index in [1.807, 2.05) is 48.5 Å². The van der Waals surface area contributed by atoms with Gasteiger partial charge < -0.3 is 19.9 Å². The second-order valence-corrected chi connectivity index (χ2v) is 7.44. The Balaban J connectivity index is 1.66. The summed E-state index contributed by atoms with van der Waals surface area (Å²) in [6, 6.07) is 14.9. The summed E-state index contributed by atoms with van der Waals surface area (Å²) >= 11 is 1.43. The van der Waals surface area contributed by atoms with Gasteiger partial charge in [0.1, 0.15) is 12.9 Å². The molecule has 0 saturated heterocycles. The second kappa shape index (κ2) is 8.92. The van der Waals surface area contributed by atoms with Crippen LogP contribution in [0, 0.1) is 0 Å². The van der Waals surface area contributed by atoms with Gasteiger partial charge in [-0.05, 0) is 54.2 Å². The maximum atomic E-state index is 10.7. The van der Waals surface area contributed by atoms with Gasteiger partial charge in [0.05, 0.1) is 19.9 Å². The summed E-state index contributed by atoms with van der Waals surface area (Å²) in [5.74, 6) is 0.339. The van der Waals surface area contributed by atoms with Gasteiger partial charge >= 0.3 is 5.97 Å². The number of methoxy groups -OCH3 is 2. The molecule has 2 aromatic carbocycles. The number of aliphatic carboxylic acids is 1. The number of rotatable bonds is 8. The number of hydrogen-bond donors (Lipinski definition) is 2. The molecule has 0 radical (unpaired) electrons. The topological polar surface area (TPSA) is 111 Å². The maximum absolute atomic E-state index is 10.7. The molecule has 10 heteroatoms. The largest absolute Gasteiger partial charge is 0.493 e. The minimum Gasteiger partial charge on any atom is -0.493 e. The highest BCUT2D eigenvalue weighted by molar-refractivity contribution is 7.99. The smallest absolute Gasteiger partial charge is 0.322 e. The molecule has 4 aromatic rings. The lowest BCUT2D eigenvalue weighted by molar-refractivity contribution is -0.134. The molecule has 2 heterocycles. The van der Waals surface area contributed by atoms with E-state index in [0.29, 0.717) is 22.3 Å². The Hall–Kier alpha value is -3.79. The van der Waals surface area contributed by atoms with Crippen molar-refractivity contribution in [1.29, 1.82) is 0 Å². The predicted octanol–water partition coefficient (Wildman–Crippen LogP) is 3.46. The Morgan fingerprint density at radius 1 is 1.10 bits per heavy atom. The molecule has 0 unspecified atom stereocenters. The third-order valence-corrected chi connectivity index (χ3v) is 5.38. The number of aromatic nitrogens is 4. The molecule has 0 aliphatic heterocycles. The SMILES string of the molecule is COc1ccc(-c2cc3ncnn3c(Sc3ccc(NCC(=O)O)cc3)n2)cc1OC. The molecule has 4 rings (SSSR count). The first-order valence-corrected chi connectivity index (χ1v) is 10.1. The van der Waals surface area contributed by atoms with Crippen molar-refractivity contribution < 1.29 is 19.4 Å².